The molecule has 0 aliphatic heterocycles. The number of hydrogen-bond acceptors (Lipinski definition) is 3. The van der Waals surface area contributed by atoms with Gasteiger partial charge in [0.15, 0.2) is 0 Å². The monoisotopic (exact) mass is 408 g/mol. The molecule has 1 amide bonds. The Kier molecular flexibility index (Phi) is 6.34. The number of carbonyl (C=O) groups excluding carboxylic acids is 1. The molecule has 0 aliphatic rings. The highest BCUT2D eigenvalue weighted by Gasteiger charge is 2.19. The Hall–Kier alpha value is -3.12. The molecule has 5 nitrogen and oxygen atoms in total. The van der Waals surface area contributed by atoms with Crippen LogP contribution >= 0.6 is 0 Å². The number of aryl methyl sites for hydroxylation is 1. The van der Waals surface area contributed by atoms with E-state index in [1.165, 1.54) is 0 Å². The summed E-state index contributed by atoms with van der Waals surface area (Å²) in [6, 6.07) is 22.9. The van der Waals surface area contributed by atoms with Crippen molar-refractivity contribution < 1.29 is 13.2 Å². The van der Waals surface area contributed by atoms with Gasteiger partial charge in [-0.2, -0.15) is 0 Å². The SMILES string of the molecule is CCC(C(=O)Nc1ccc(NS(=O)(=O)c2ccc(C)cc2)cc1)c1ccccc1. The number of amides is 1. The first-order chi connectivity index (χ1) is 13.9. The second kappa shape index (κ2) is 8.92. The average Bonchev–Trinajstić information content (AvgIpc) is 2.71. The molecule has 3 aromatic rings. The number of rotatable bonds is 7. The molecule has 0 spiro atoms. The van der Waals surface area contributed by atoms with Gasteiger partial charge >= 0.3 is 0 Å². The lowest BCUT2D eigenvalue weighted by Crippen LogP contribution is -2.20. The lowest BCUT2D eigenvalue weighted by atomic mass is 9.95. The maximum absolute atomic E-state index is 12.6. The molecule has 3 rings (SSSR count). The normalized spacial score (nSPS) is 12.2. The molecule has 0 saturated heterocycles. The minimum absolute atomic E-state index is 0.0910. The Morgan fingerprint density at radius 3 is 2.03 bits per heavy atom. The van der Waals surface area contributed by atoms with Crippen molar-refractivity contribution in [2.75, 3.05) is 10.0 Å². The summed E-state index contributed by atoms with van der Waals surface area (Å²) >= 11 is 0. The van der Waals surface area contributed by atoms with E-state index in [0.717, 1.165) is 11.1 Å². The van der Waals surface area contributed by atoms with Crippen molar-refractivity contribution in [3.8, 4) is 0 Å². The van der Waals surface area contributed by atoms with Gasteiger partial charge in [0, 0.05) is 11.4 Å². The van der Waals surface area contributed by atoms with Crippen molar-refractivity contribution in [1.29, 1.82) is 0 Å². The molecule has 2 N–H and O–H groups in total. The Morgan fingerprint density at radius 2 is 1.45 bits per heavy atom. The number of nitrogens with one attached hydrogen (secondary N) is 2. The van der Waals surface area contributed by atoms with E-state index in [2.05, 4.69) is 10.0 Å². The topological polar surface area (TPSA) is 75.3 Å². The lowest BCUT2D eigenvalue weighted by molar-refractivity contribution is -0.117. The molecule has 0 heterocycles. The van der Waals surface area contributed by atoms with E-state index in [1.54, 1.807) is 48.5 Å². The Bertz CT molecular complexity index is 1060. The standard InChI is InChI=1S/C23H24N2O3S/c1-3-22(18-7-5-4-6-8-18)23(26)24-19-11-13-20(14-12-19)25-29(27,28)21-15-9-17(2)10-16-21/h4-16,22,25H,3H2,1-2H3,(H,24,26). The van der Waals surface area contributed by atoms with Gasteiger partial charge in [-0.1, -0.05) is 55.0 Å². The summed E-state index contributed by atoms with van der Waals surface area (Å²) in [6.07, 6.45) is 0.685. The van der Waals surface area contributed by atoms with Crippen LogP contribution in [0.3, 0.4) is 0 Å². The summed E-state index contributed by atoms with van der Waals surface area (Å²) in [5.41, 5.74) is 3.00. The minimum Gasteiger partial charge on any atom is -0.326 e. The van der Waals surface area contributed by atoms with Gasteiger partial charge in [-0.15, -0.1) is 0 Å². The third kappa shape index (κ3) is 5.23. The van der Waals surface area contributed by atoms with Crippen molar-refractivity contribution in [2.45, 2.75) is 31.1 Å². The van der Waals surface area contributed by atoms with E-state index in [1.807, 2.05) is 44.2 Å². The fraction of sp³-hybridized carbons (Fsp3) is 0.174. The van der Waals surface area contributed by atoms with Gasteiger partial charge in [0.1, 0.15) is 0 Å². The molecule has 0 bridgehead atoms. The Labute approximate surface area is 171 Å². The zero-order valence-corrected chi connectivity index (χ0v) is 17.2. The first-order valence-electron chi connectivity index (χ1n) is 9.44. The van der Waals surface area contributed by atoms with Gasteiger partial charge in [0.05, 0.1) is 10.8 Å². The van der Waals surface area contributed by atoms with Crippen LogP contribution in [0.1, 0.15) is 30.4 Å². The maximum Gasteiger partial charge on any atom is 0.261 e. The molecule has 1 atom stereocenters. The van der Waals surface area contributed by atoms with E-state index < -0.39 is 10.0 Å². The van der Waals surface area contributed by atoms with Crippen molar-refractivity contribution in [3.05, 3.63) is 90.0 Å². The molecule has 0 aromatic heterocycles. The molecule has 0 saturated carbocycles. The average molecular weight is 409 g/mol. The van der Waals surface area contributed by atoms with Crippen molar-refractivity contribution >= 4 is 27.3 Å². The van der Waals surface area contributed by atoms with Gasteiger partial charge in [-0.25, -0.2) is 8.42 Å². The lowest BCUT2D eigenvalue weighted by Gasteiger charge is -2.16. The summed E-state index contributed by atoms with van der Waals surface area (Å²) in [6.45, 7) is 3.87. The van der Waals surface area contributed by atoms with E-state index >= 15 is 0 Å². The first kappa shape index (κ1) is 20.6. The smallest absolute Gasteiger partial charge is 0.261 e. The second-order valence-corrected chi connectivity index (χ2v) is 8.54. The van der Waals surface area contributed by atoms with E-state index in [0.29, 0.717) is 17.8 Å². The first-order valence-corrected chi connectivity index (χ1v) is 10.9. The number of anilines is 2. The van der Waals surface area contributed by atoms with Crippen LogP contribution in [0.25, 0.3) is 0 Å². The van der Waals surface area contributed by atoms with Gasteiger partial charge in [-0.3, -0.25) is 9.52 Å². The zero-order valence-electron chi connectivity index (χ0n) is 16.4. The summed E-state index contributed by atoms with van der Waals surface area (Å²) in [7, 11) is -3.66. The van der Waals surface area contributed by atoms with Crippen LogP contribution in [0.15, 0.2) is 83.8 Å². The van der Waals surface area contributed by atoms with Crippen molar-refractivity contribution in [3.63, 3.8) is 0 Å². The van der Waals surface area contributed by atoms with Crippen LogP contribution in [0.5, 0.6) is 0 Å². The van der Waals surface area contributed by atoms with Crippen LogP contribution in [0.4, 0.5) is 11.4 Å². The molecular formula is C23H24N2O3S. The molecule has 0 radical (unpaired) electrons. The Morgan fingerprint density at radius 1 is 0.862 bits per heavy atom. The van der Waals surface area contributed by atoms with Crippen molar-refractivity contribution in [2.24, 2.45) is 0 Å². The van der Waals surface area contributed by atoms with Crippen LogP contribution in [-0.2, 0) is 14.8 Å². The van der Waals surface area contributed by atoms with Crippen LogP contribution < -0.4 is 10.0 Å². The van der Waals surface area contributed by atoms with E-state index in [9.17, 15) is 13.2 Å². The molecule has 29 heavy (non-hydrogen) atoms. The van der Waals surface area contributed by atoms with E-state index in [4.69, 9.17) is 0 Å². The molecule has 150 valence electrons. The van der Waals surface area contributed by atoms with E-state index in [-0.39, 0.29) is 16.7 Å². The molecule has 0 fully saturated rings. The van der Waals surface area contributed by atoms with Crippen molar-refractivity contribution in [1.82, 2.24) is 0 Å². The minimum atomic E-state index is -3.66. The van der Waals surface area contributed by atoms with Crippen LogP contribution in [0.2, 0.25) is 0 Å². The number of hydrogen-bond donors (Lipinski definition) is 2. The summed E-state index contributed by atoms with van der Waals surface area (Å²) in [4.78, 5) is 12.9. The van der Waals surface area contributed by atoms with Gasteiger partial charge < -0.3 is 5.32 Å². The third-order valence-electron chi connectivity index (χ3n) is 4.66. The number of benzene rings is 3. The maximum atomic E-state index is 12.6. The molecule has 1 unspecified atom stereocenters. The van der Waals surface area contributed by atoms with Gasteiger partial charge in [-0.05, 0) is 55.3 Å². The third-order valence-corrected chi connectivity index (χ3v) is 6.06. The number of carbonyl (C=O) groups is 1. The fourth-order valence-corrected chi connectivity index (χ4v) is 4.10. The summed E-state index contributed by atoms with van der Waals surface area (Å²) in [5, 5.41) is 2.90. The largest absolute Gasteiger partial charge is 0.326 e. The predicted molar refractivity (Wildman–Crippen MR) is 117 cm³/mol. The predicted octanol–water partition coefficient (Wildman–Crippen LogP) is 4.93. The van der Waals surface area contributed by atoms with Crippen LogP contribution in [0, 0.1) is 6.92 Å². The highest BCUT2D eigenvalue weighted by Crippen LogP contribution is 2.23. The molecule has 0 aliphatic carbocycles. The summed E-state index contributed by atoms with van der Waals surface area (Å²) < 4.78 is 27.5. The molecule has 3 aromatic carbocycles. The van der Waals surface area contributed by atoms with Gasteiger partial charge in [0.25, 0.3) is 10.0 Å². The quantitative estimate of drug-likeness (QED) is 0.582. The highest BCUT2D eigenvalue weighted by atomic mass is 32.2. The van der Waals surface area contributed by atoms with Crippen LogP contribution in [-0.4, -0.2) is 14.3 Å². The molecular weight excluding hydrogens is 384 g/mol. The van der Waals surface area contributed by atoms with Gasteiger partial charge in [0.2, 0.25) is 5.91 Å². The Balaban J connectivity index is 1.68. The zero-order chi connectivity index (χ0) is 20.9. The summed E-state index contributed by atoms with van der Waals surface area (Å²) in [5.74, 6) is -0.331. The fourth-order valence-electron chi connectivity index (χ4n) is 3.04. The second-order valence-electron chi connectivity index (χ2n) is 6.86. The highest BCUT2D eigenvalue weighted by molar-refractivity contribution is 7.92. The number of sulfonamides is 1. The molecule has 6 heteroatoms.